The highest BCUT2D eigenvalue weighted by Crippen LogP contribution is 2.60. The summed E-state index contributed by atoms with van der Waals surface area (Å²) >= 11 is 0. The van der Waals surface area contributed by atoms with Gasteiger partial charge >= 0.3 is 0 Å². The van der Waals surface area contributed by atoms with Crippen molar-refractivity contribution >= 4 is 15.8 Å². The zero-order chi connectivity index (χ0) is 24.1. The summed E-state index contributed by atoms with van der Waals surface area (Å²) in [6.07, 6.45) is 33.4. The highest BCUT2D eigenvalue weighted by atomic mass is 31.1. The first-order valence-corrected chi connectivity index (χ1v) is 19.3. The largest absolute Gasteiger partial charge is 0.344 e. The third-order valence-corrected chi connectivity index (χ3v) is 17.6. The van der Waals surface area contributed by atoms with Gasteiger partial charge in [-0.1, -0.05) is 92.9 Å². The van der Waals surface area contributed by atoms with Crippen LogP contribution in [-0.2, 0) is 9.47 Å². The molecule has 0 unspecified atom stereocenters. The van der Waals surface area contributed by atoms with Gasteiger partial charge in [0.2, 0.25) is 0 Å². The lowest BCUT2D eigenvalue weighted by molar-refractivity contribution is -0.142. The average molecular weight is 523 g/mol. The van der Waals surface area contributed by atoms with E-state index in [0.29, 0.717) is 12.2 Å². The molecule has 1 aliphatic heterocycles. The molecule has 0 aromatic carbocycles. The lowest BCUT2D eigenvalue weighted by Gasteiger charge is -2.42. The first kappa shape index (κ1) is 27.4. The molecule has 5 aliphatic rings. The monoisotopic (exact) mass is 522 g/mol. The molecule has 5 fully saturated rings. The first-order valence-electron chi connectivity index (χ1n) is 16.0. The molecule has 4 saturated carbocycles. The van der Waals surface area contributed by atoms with Gasteiger partial charge < -0.3 is 9.47 Å². The van der Waals surface area contributed by atoms with E-state index in [9.17, 15) is 0 Å². The molecule has 2 atom stereocenters. The zero-order valence-electron chi connectivity index (χ0n) is 23.2. The zero-order valence-corrected chi connectivity index (χ0v) is 25.0. The smallest absolute Gasteiger partial charge is 0.163 e. The van der Waals surface area contributed by atoms with Crippen molar-refractivity contribution in [3.8, 4) is 0 Å². The van der Waals surface area contributed by atoms with E-state index in [1.165, 1.54) is 141 Å². The Morgan fingerprint density at radius 3 is 0.971 bits per heavy atom. The van der Waals surface area contributed by atoms with Crippen LogP contribution in [0.4, 0.5) is 0 Å². The molecular weight excluding hydrogens is 466 g/mol. The van der Waals surface area contributed by atoms with Crippen LogP contribution in [0.25, 0.3) is 0 Å². The Labute approximate surface area is 220 Å². The van der Waals surface area contributed by atoms with Gasteiger partial charge in [-0.15, -0.1) is 0 Å². The van der Waals surface area contributed by atoms with Crippen LogP contribution in [0, 0.1) is 0 Å². The van der Waals surface area contributed by atoms with E-state index in [1.807, 2.05) is 0 Å². The SMILES string of the molecule is CC1(C)O[C@@H](CP(C2CCCCC2)C2CCCCC2)[C@H](CP(C2CCCCC2)C2CCCCC2)O1. The van der Waals surface area contributed by atoms with Crippen molar-refractivity contribution in [2.24, 2.45) is 0 Å². The first-order chi connectivity index (χ1) is 17.1. The lowest BCUT2D eigenvalue weighted by Crippen LogP contribution is -2.35. The van der Waals surface area contributed by atoms with Gasteiger partial charge in [0.05, 0.1) is 12.2 Å². The Hall–Kier alpha value is 0.780. The van der Waals surface area contributed by atoms with Crippen LogP contribution < -0.4 is 0 Å². The van der Waals surface area contributed by atoms with E-state index in [2.05, 4.69) is 13.8 Å². The Balaban J connectivity index is 1.32. The van der Waals surface area contributed by atoms with E-state index < -0.39 is 0 Å². The molecule has 0 amide bonds. The van der Waals surface area contributed by atoms with Gasteiger partial charge in [0, 0.05) is 0 Å². The number of ether oxygens (including phenoxy) is 2. The minimum absolute atomic E-state index is 0.0722. The highest BCUT2D eigenvalue weighted by molar-refractivity contribution is 7.59. The second-order valence-corrected chi connectivity index (χ2v) is 19.0. The van der Waals surface area contributed by atoms with Gasteiger partial charge in [-0.2, -0.15) is 0 Å². The Kier molecular flexibility index (Phi) is 10.3. The van der Waals surface area contributed by atoms with Crippen molar-refractivity contribution in [1.82, 2.24) is 0 Å². The van der Waals surface area contributed by atoms with Crippen LogP contribution in [0.15, 0.2) is 0 Å². The van der Waals surface area contributed by atoms with Gasteiger partial charge in [-0.05, 0) is 100 Å². The molecule has 1 heterocycles. The minimum atomic E-state index is -0.379. The quantitative estimate of drug-likeness (QED) is 0.295. The fourth-order valence-electron chi connectivity index (χ4n) is 8.48. The Bertz CT molecular complexity index is 527. The number of hydrogen-bond donors (Lipinski definition) is 0. The fraction of sp³-hybridized carbons (Fsp3) is 1.00. The number of hydrogen-bond acceptors (Lipinski definition) is 2. The maximum atomic E-state index is 6.85. The third-order valence-electron chi connectivity index (χ3n) is 10.2. The van der Waals surface area contributed by atoms with Crippen molar-refractivity contribution in [2.75, 3.05) is 12.3 Å². The van der Waals surface area contributed by atoms with Crippen LogP contribution >= 0.6 is 15.8 Å². The molecule has 0 spiro atoms. The summed E-state index contributed by atoms with van der Waals surface area (Å²) in [5.41, 5.74) is 4.09. The van der Waals surface area contributed by atoms with Crippen molar-refractivity contribution in [2.45, 2.75) is 183 Å². The second-order valence-electron chi connectivity index (χ2n) is 13.3. The number of rotatable bonds is 8. The molecule has 202 valence electrons. The minimum Gasteiger partial charge on any atom is -0.344 e. The normalized spacial score (nSPS) is 32.6. The maximum Gasteiger partial charge on any atom is 0.163 e. The van der Waals surface area contributed by atoms with E-state index in [4.69, 9.17) is 9.47 Å². The van der Waals surface area contributed by atoms with Gasteiger partial charge in [0.1, 0.15) is 0 Å². The summed E-state index contributed by atoms with van der Waals surface area (Å²) in [5, 5.41) is 0. The van der Waals surface area contributed by atoms with Gasteiger partial charge in [0.25, 0.3) is 0 Å². The molecule has 0 N–H and O–H groups in total. The predicted molar refractivity (Wildman–Crippen MR) is 155 cm³/mol. The van der Waals surface area contributed by atoms with E-state index >= 15 is 0 Å². The predicted octanol–water partition coefficient (Wildman–Crippen LogP) is 9.80. The summed E-state index contributed by atoms with van der Waals surface area (Å²) in [4.78, 5) is 0. The van der Waals surface area contributed by atoms with Crippen LogP contribution in [0.3, 0.4) is 0 Å². The fourth-order valence-corrected chi connectivity index (χ4v) is 16.4. The van der Waals surface area contributed by atoms with Crippen molar-refractivity contribution in [3.63, 3.8) is 0 Å². The lowest BCUT2D eigenvalue weighted by atomic mass is 9.99. The van der Waals surface area contributed by atoms with E-state index in [-0.39, 0.29) is 21.6 Å². The summed E-state index contributed by atoms with van der Waals surface area (Å²) in [6.45, 7) is 4.43. The molecule has 35 heavy (non-hydrogen) atoms. The van der Waals surface area contributed by atoms with Crippen molar-refractivity contribution in [1.29, 1.82) is 0 Å². The summed E-state index contributed by atoms with van der Waals surface area (Å²) in [6, 6.07) is 0. The van der Waals surface area contributed by atoms with Crippen molar-refractivity contribution in [3.05, 3.63) is 0 Å². The highest BCUT2D eigenvalue weighted by Gasteiger charge is 2.46. The molecule has 0 aromatic rings. The van der Waals surface area contributed by atoms with E-state index in [1.54, 1.807) is 0 Å². The molecule has 2 nitrogen and oxygen atoms in total. The molecule has 4 heteroatoms. The molecule has 4 aliphatic carbocycles. The molecule has 0 aromatic heterocycles. The van der Waals surface area contributed by atoms with Gasteiger partial charge in [-0.3, -0.25) is 0 Å². The van der Waals surface area contributed by atoms with Crippen LogP contribution in [-0.4, -0.2) is 53.0 Å². The summed E-state index contributed by atoms with van der Waals surface area (Å²) in [5.74, 6) is -0.379. The Morgan fingerprint density at radius 2 is 0.714 bits per heavy atom. The molecular formula is C31H56O2P2. The third kappa shape index (κ3) is 7.46. The van der Waals surface area contributed by atoms with Gasteiger partial charge in [-0.25, -0.2) is 0 Å². The van der Waals surface area contributed by atoms with Crippen LogP contribution in [0.5, 0.6) is 0 Å². The topological polar surface area (TPSA) is 18.5 Å². The second kappa shape index (κ2) is 13.2. The summed E-state index contributed by atoms with van der Waals surface area (Å²) < 4.78 is 13.7. The molecule has 5 rings (SSSR count). The van der Waals surface area contributed by atoms with Crippen LogP contribution in [0.1, 0.15) is 142 Å². The average Bonchev–Trinajstić information content (AvgIpc) is 3.20. The van der Waals surface area contributed by atoms with Crippen molar-refractivity contribution < 1.29 is 9.47 Å². The maximum absolute atomic E-state index is 6.85. The van der Waals surface area contributed by atoms with E-state index in [0.717, 1.165) is 22.6 Å². The molecule has 0 radical (unpaired) electrons. The van der Waals surface area contributed by atoms with Gasteiger partial charge in [0.15, 0.2) is 5.79 Å². The standard InChI is InChI=1S/C31H56O2P2/c1-31(2)32-29(23-34(25-15-7-3-8-16-25)26-17-9-4-10-18-26)30(33-31)24-35(27-19-11-5-12-20-27)28-21-13-6-14-22-28/h25-30H,3-24H2,1-2H3/t29-,30-/m0/s1. The summed E-state index contributed by atoms with van der Waals surface area (Å²) in [7, 11) is 0.144. The van der Waals surface area contributed by atoms with Crippen LogP contribution in [0.2, 0.25) is 0 Å². The Morgan fingerprint density at radius 1 is 0.457 bits per heavy atom. The molecule has 1 saturated heterocycles. The molecule has 0 bridgehead atoms.